The maximum Gasteiger partial charge on any atom is 0.292 e. The third-order valence-corrected chi connectivity index (χ3v) is 3.98. The molecule has 1 saturated carbocycles. The second-order valence-electron chi connectivity index (χ2n) is 5.30. The number of nitrogens with two attached hydrogens (primary N) is 1. The number of para-hydroxylation sites is 1. The molecule has 7 heteroatoms. The van der Waals surface area contributed by atoms with Gasteiger partial charge in [-0.25, -0.2) is 0 Å². The summed E-state index contributed by atoms with van der Waals surface area (Å²) < 4.78 is 0. The molecule has 2 rings (SSSR count). The summed E-state index contributed by atoms with van der Waals surface area (Å²) in [5.41, 5.74) is 5.41. The predicted octanol–water partition coefficient (Wildman–Crippen LogP) is 1.46. The molecule has 1 aliphatic carbocycles. The molecule has 7 nitrogen and oxygen atoms in total. The monoisotopic (exact) mass is 293 g/mol. The van der Waals surface area contributed by atoms with Crippen molar-refractivity contribution in [1.82, 2.24) is 5.32 Å². The van der Waals surface area contributed by atoms with Crippen molar-refractivity contribution < 1.29 is 14.8 Å². The Morgan fingerprint density at radius 2 is 2.14 bits per heavy atom. The minimum atomic E-state index is -0.608. The first kappa shape index (κ1) is 15.2. The molecule has 2 unspecified atom stereocenters. The highest BCUT2D eigenvalue weighted by Crippen LogP contribution is 2.27. The summed E-state index contributed by atoms with van der Waals surface area (Å²) in [5, 5.41) is 23.0. The van der Waals surface area contributed by atoms with Crippen molar-refractivity contribution in [3.63, 3.8) is 0 Å². The second kappa shape index (κ2) is 6.53. The van der Waals surface area contributed by atoms with Crippen molar-refractivity contribution in [2.75, 3.05) is 12.3 Å². The molecule has 1 aliphatic rings. The van der Waals surface area contributed by atoms with Crippen LogP contribution in [0.3, 0.4) is 0 Å². The first-order valence-corrected chi connectivity index (χ1v) is 6.99. The van der Waals surface area contributed by atoms with Crippen LogP contribution >= 0.6 is 0 Å². The van der Waals surface area contributed by atoms with Crippen LogP contribution in [0.15, 0.2) is 18.2 Å². The number of carbonyl (C=O) groups is 1. The number of nitro benzene ring substituents is 1. The van der Waals surface area contributed by atoms with Gasteiger partial charge in [0.15, 0.2) is 0 Å². The highest BCUT2D eigenvalue weighted by atomic mass is 16.6. The van der Waals surface area contributed by atoms with Crippen LogP contribution in [0, 0.1) is 16.0 Å². The average molecular weight is 293 g/mol. The Morgan fingerprint density at radius 1 is 1.43 bits per heavy atom. The number of anilines is 1. The van der Waals surface area contributed by atoms with E-state index in [4.69, 9.17) is 5.73 Å². The highest BCUT2D eigenvalue weighted by Gasteiger charge is 2.27. The SMILES string of the molecule is Nc1c(C(=O)NC2CCCCC2CO)cccc1[N+](=O)[O-]. The maximum atomic E-state index is 12.3. The Morgan fingerprint density at radius 3 is 2.81 bits per heavy atom. The van der Waals surface area contributed by atoms with Crippen LogP contribution in [0.5, 0.6) is 0 Å². The van der Waals surface area contributed by atoms with E-state index in [1.54, 1.807) is 0 Å². The van der Waals surface area contributed by atoms with Gasteiger partial charge in [-0.15, -0.1) is 0 Å². The summed E-state index contributed by atoms with van der Waals surface area (Å²) in [5.74, 6) is -0.399. The van der Waals surface area contributed by atoms with Crippen molar-refractivity contribution in [2.24, 2.45) is 5.92 Å². The minimum absolute atomic E-state index is 0.0232. The lowest BCUT2D eigenvalue weighted by Crippen LogP contribution is -2.43. The number of hydrogen-bond donors (Lipinski definition) is 3. The van der Waals surface area contributed by atoms with Gasteiger partial charge in [-0.3, -0.25) is 14.9 Å². The first-order chi connectivity index (χ1) is 10.0. The fraction of sp³-hybridized carbons (Fsp3) is 0.500. The third kappa shape index (κ3) is 3.30. The molecule has 1 aromatic carbocycles. The number of nitro groups is 1. The Hall–Kier alpha value is -2.15. The van der Waals surface area contributed by atoms with E-state index in [1.807, 2.05) is 0 Å². The zero-order chi connectivity index (χ0) is 15.4. The lowest BCUT2D eigenvalue weighted by molar-refractivity contribution is -0.383. The molecule has 4 N–H and O–H groups in total. The van der Waals surface area contributed by atoms with Gasteiger partial charge in [0.25, 0.3) is 11.6 Å². The molecule has 0 aromatic heterocycles. The van der Waals surface area contributed by atoms with Crippen molar-refractivity contribution in [2.45, 2.75) is 31.7 Å². The number of carbonyl (C=O) groups excluding carboxylic acids is 1. The molecule has 0 radical (unpaired) electrons. The number of aliphatic hydroxyl groups is 1. The van der Waals surface area contributed by atoms with Crippen LogP contribution < -0.4 is 11.1 Å². The van der Waals surface area contributed by atoms with Crippen molar-refractivity contribution in [3.05, 3.63) is 33.9 Å². The van der Waals surface area contributed by atoms with Gasteiger partial charge >= 0.3 is 0 Å². The van der Waals surface area contributed by atoms with Gasteiger partial charge < -0.3 is 16.2 Å². The van der Waals surface area contributed by atoms with Gasteiger partial charge in [-0.05, 0) is 18.9 Å². The Labute approximate surface area is 122 Å². The predicted molar refractivity (Wildman–Crippen MR) is 77.8 cm³/mol. The standard InChI is InChI=1S/C14H19N3O4/c15-13-10(5-3-7-12(13)17(20)21)14(19)16-11-6-2-1-4-9(11)8-18/h3,5,7,9,11,18H,1-2,4,6,8,15H2,(H,16,19). The fourth-order valence-corrected chi connectivity index (χ4v) is 2.77. The molecule has 2 atom stereocenters. The van der Waals surface area contributed by atoms with E-state index < -0.39 is 10.8 Å². The third-order valence-electron chi connectivity index (χ3n) is 3.98. The summed E-state index contributed by atoms with van der Waals surface area (Å²) >= 11 is 0. The average Bonchev–Trinajstić information content (AvgIpc) is 2.47. The molecule has 0 aliphatic heterocycles. The molecule has 114 valence electrons. The van der Waals surface area contributed by atoms with Crippen LogP contribution in [0.4, 0.5) is 11.4 Å². The van der Waals surface area contributed by atoms with Crippen LogP contribution in [0.2, 0.25) is 0 Å². The molecule has 1 amide bonds. The van der Waals surface area contributed by atoms with E-state index in [0.29, 0.717) is 0 Å². The van der Waals surface area contributed by atoms with E-state index >= 15 is 0 Å². The van der Waals surface area contributed by atoms with Crippen LogP contribution in [-0.2, 0) is 0 Å². The smallest absolute Gasteiger partial charge is 0.292 e. The number of aliphatic hydroxyl groups excluding tert-OH is 1. The van der Waals surface area contributed by atoms with Crippen LogP contribution in [0.1, 0.15) is 36.0 Å². The van der Waals surface area contributed by atoms with Crippen molar-refractivity contribution >= 4 is 17.3 Å². The van der Waals surface area contributed by atoms with Gasteiger partial charge in [0.1, 0.15) is 5.69 Å². The first-order valence-electron chi connectivity index (χ1n) is 6.99. The molecule has 0 heterocycles. The van der Waals surface area contributed by atoms with Gasteiger partial charge in [0, 0.05) is 24.6 Å². The van der Waals surface area contributed by atoms with Gasteiger partial charge in [-0.2, -0.15) is 0 Å². The van der Waals surface area contributed by atoms with E-state index in [1.165, 1.54) is 18.2 Å². The van der Waals surface area contributed by atoms with Crippen molar-refractivity contribution in [1.29, 1.82) is 0 Å². The topological polar surface area (TPSA) is 118 Å². The number of nitrogens with zero attached hydrogens (tertiary/aromatic N) is 1. The number of amides is 1. The van der Waals surface area contributed by atoms with E-state index in [9.17, 15) is 20.0 Å². The molecular formula is C14H19N3O4. The van der Waals surface area contributed by atoms with Crippen molar-refractivity contribution in [3.8, 4) is 0 Å². The maximum absolute atomic E-state index is 12.3. The quantitative estimate of drug-likeness (QED) is 0.441. The molecular weight excluding hydrogens is 274 g/mol. The molecule has 1 aromatic rings. The minimum Gasteiger partial charge on any atom is -0.396 e. The van der Waals surface area contributed by atoms with Crippen LogP contribution in [0.25, 0.3) is 0 Å². The number of hydrogen-bond acceptors (Lipinski definition) is 5. The Bertz CT molecular complexity index is 547. The largest absolute Gasteiger partial charge is 0.396 e. The van der Waals surface area contributed by atoms with Crippen LogP contribution in [-0.4, -0.2) is 28.6 Å². The summed E-state index contributed by atoms with van der Waals surface area (Å²) in [6, 6.07) is 4.06. The van der Waals surface area contributed by atoms with E-state index in [2.05, 4.69) is 5.32 Å². The zero-order valence-corrected chi connectivity index (χ0v) is 11.6. The number of benzene rings is 1. The second-order valence-corrected chi connectivity index (χ2v) is 5.30. The summed E-state index contributed by atoms with van der Waals surface area (Å²) in [6.45, 7) is 0.0232. The zero-order valence-electron chi connectivity index (χ0n) is 11.6. The summed E-state index contributed by atoms with van der Waals surface area (Å²) in [6.07, 6.45) is 3.69. The number of rotatable bonds is 4. The lowest BCUT2D eigenvalue weighted by atomic mass is 9.85. The highest BCUT2D eigenvalue weighted by molar-refractivity contribution is 6.01. The van der Waals surface area contributed by atoms with Gasteiger partial charge in [0.2, 0.25) is 0 Å². The normalized spacial score (nSPS) is 21.8. The summed E-state index contributed by atoms with van der Waals surface area (Å²) in [4.78, 5) is 22.5. The lowest BCUT2D eigenvalue weighted by Gasteiger charge is -2.30. The molecule has 0 spiro atoms. The van der Waals surface area contributed by atoms with E-state index in [0.717, 1.165) is 25.7 Å². The molecule has 0 bridgehead atoms. The molecule has 1 fully saturated rings. The Kier molecular flexibility index (Phi) is 4.74. The fourth-order valence-electron chi connectivity index (χ4n) is 2.77. The van der Waals surface area contributed by atoms with Gasteiger partial charge in [-0.1, -0.05) is 18.9 Å². The molecule has 0 saturated heterocycles. The molecule has 21 heavy (non-hydrogen) atoms. The van der Waals surface area contributed by atoms with E-state index in [-0.39, 0.29) is 35.5 Å². The summed E-state index contributed by atoms with van der Waals surface area (Å²) in [7, 11) is 0. The number of nitrogens with one attached hydrogen (secondary N) is 1. The number of nitrogen functional groups attached to an aromatic ring is 1. The Balaban J connectivity index is 2.17. The van der Waals surface area contributed by atoms with Gasteiger partial charge in [0.05, 0.1) is 10.5 Å².